The average molecular weight is 290 g/mol. The Bertz CT molecular complexity index is 926. The van der Waals surface area contributed by atoms with Crippen LogP contribution in [-0.4, -0.2) is 10.2 Å². The average Bonchev–Trinajstić information content (AvgIpc) is 2.57. The Morgan fingerprint density at radius 3 is 2.55 bits per heavy atom. The van der Waals surface area contributed by atoms with Gasteiger partial charge in [0.25, 0.3) is 0 Å². The van der Waals surface area contributed by atoms with E-state index < -0.39 is 12.2 Å². The zero-order chi connectivity index (χ0) is 14.8. The van der Waals surface area contributed by atoms with Crippen molar-refractivity contribution in [1.29, 1.82) is 0 Å². The van der Waals surface area contributed by atoms with Crippen LogP contribution in [0, 0.1) is 0 Å². The molecule has 0 fully saturated rings. The number of rotatable bonds is 0. The van der Waals surface area contributed by atoms with E-state index in [2.05, 4.69) is 24.3 Å². The fourth-order valence-corrected chi connectivity index (χ4v) is 4.43. The van der Waals surface area contributed by atoms with E-state index in [9.17, 15) is 10.2 Å². The normalized spacial score (nSPS) is 23.2. The minimum Gasteiger partial charge on any atom is -0.385 e. The van der Waals surface area contributed by atoms with Crippen LogP contribution in [-0.2, 0) is 12.8 Å². The number of aliphatic hydroxyl groups excluding tert-OH is 2. The molecular weight excluding hydrogens is 272 g/mol. The first-order valence-electron chi connectivity index (χ1n) is 8.12. The first-order valence-corrected chi connectivity index (χ1v) is 8.12. The van der Waals surface area contributed by atoms with E-state index in [1.165, 1.54) is 29.4 Å². The number of hydrogen-bond donors (Lipinski definition) is 2. The van der Waals surface area contributed by atoms with Crippen LogP contribution < -0.4 is 0 Å². The van der Waals surface area contributed by atoms with E-state index in [1.807, 2.05) is 12.1 Å². The maximum atomic E-state index is 10.6. The summed E-state index contributed by atoms with van der Waals surface area (Å²) in [6.45, 7) is 0. The van der Waals surface area contributed by atoms with Crippen molar-refractivity contribution < 1.29 is 10.2 Å². The summed E-state index contributed by atoms with van der Waals surface area (Å²) in [5.41, 5.74) is 4.58. The van der Waals surface area contributed by atoms with Crippen LogP contribution in [0.15, 0.2) is 36.4 Å². The van der Waals surface area contributed by atoms with E-state index in [0.29, 0.717) is 0 Å². The zero-order valence-corrected chi connectivity index (χ0v) is 12.3. The summed E-state index contributed by atoms with van der Waals surface area (Å²) in [5, 5.41) is 25.9. The summed E-state index contributed by atoms with van der Waals surface area (Å²) in [6, 6.07) is 12.5. The van der Waals surface area contributed by atoms with Gasteiger partial charge in [0.1, 0.15) is 12.2 Å². The molecule has 0 unspecified atom stereocenters. The lowest BCUT2D eigenvalue weighted by molar-refractivity contribution is 0.0178. The first-order chi connectivity index (χ1) is 10.8. The van der Waals surface area contributed by atoms with Crippen molar-refractivity contribution in [3.8, 4) is 0 Å². The van der Waals surface area contributed by atoms with Gasteiger partial charge in [-0.1, -0.05) is 36.4 Å². The van der Waals surface area contributed by atoms with E-state index in [0.717, 1.165) is 40.1 Å². The van der Waals surface area contributed by atoms with E-state index >= 15 is 0 Å². The van der Waals surface area contributed by atoms with Crippen molar-refractivity contribution in [2.75, 3.05) is 0 Å². The molecule has 0 saturated carbocycles. The molecule has 22 heavy (non-hydrogen) atoms. The molecule has 2 nitrogen and oxygen atoms in total. The van der Waals surface area contributed by atoms with Gasteiger partial charge < -0.3 is 10.2 Å². The number of benzene rings is 3. The van der Waals surface area contributed by atoms with E-state index in [-0.39, 0.29) is 0 Å². The van der Waals surface area contributed by atoms with Gasteiger partial charge in [-0.25, -0.2) is 0 Å². The van der Waals surface area contributed by atoms with Crippen molar-refractivity contribution in [2.45, 2.75) is 37.9 Å². The highest BCUT2D eigenvalue weighted by Gasteiger charge is 2.31. The predicted octanol–water partition coefficient (Wildman–Crippen LogP) is 3.95. The van der Waals surface area contributed by atoms with Gasteiger partial charge in [0.2, 0.25) is 0 Å². The molecule has 0 saturated heterocycles. The van der Waals surface area contributed by atoms with Crippen molar-refractivity contribution in [1.82, 2.24) is 0 Å². The monoisotopic (exact) mass is 290 g/mol. The third-order valence-corrected chi connectivity index (χ3v) is 5.47. The van der Waals surface area contributed by atoms with Crippen LogP contribution in [0.5, 0.6) is 0 Å². The third kappa shape index (κ3) is 1.47. The molecule has 2 aliphatic rings. The van der Waals surface area contributed by atoms with Crippen molar-refractivity contribution in [3.05, 3.63) is 58.7 Å². The van der Waals surface area contributed by atoms with Gasteiger partial charge in [0.05, 0.1) is 0 Å². The summed E-state index contributed by atoms with van der Waals surface area (Å²) in [7, 11) is 0. The van der Waals surface area contributed by atoms with Crippen LogP contribution in [0.25, 0.3) is 21.5 Å². The second-order valence-corrected chi connectivity index (χ2v) is 6.63. The lowest BCUT2D eigenvalue weighted by Crippen LogP contribution is -2.17. The molecule has 0 amide bonds. The molecular formula is C20H18O2. The Labute approximate surface area is 129 Å². The molecule has 5 rings (SSSR count). The van der Waals surface area contributed by atoms with Crippen LogP contribution >= 0.6 is 0 Å². The van der Waals surface area contributed by atoms with E-state index in [4.69, 9.17) is 0 Å². The highest BCUT2D eigenvalue weighted by Crippen LogP contribution is 2.47. The minimum absolute atomic E-state index is 0.824. The van der Waals surface area contributed by atoms with Gasteiger partial charge >= 0.3 is 0 Å². The fraction of sp³-hybridized carbons (Fsp3) is 0.300. The maximum Gasteiger partial charge on any atom is 0.110 e. The van der Waals surface area contributed by atoms with Crippen LogP contribution in [0.2, 0.25) is 0 Å². The number of fused-ring (bicyclic) bond motifs is 2. The van der Waals surface area contributed by atoms with Gasteiger partial charge in [0, 0.05) is 0 Å². The zero-order valence-electron chi connectivity index (χ0n) is 12.3. The summed E-state index contributed by atoms with van der Waals surface area (Å²) in [4.78, 5) is 0. The second kappa shape index (κ2) is 4.31. The lowest BCUT2D eigenvalue weighted by Gasteiger charge is -2.30. The first kappa shape index (κ1) is 12.6. The van der Waals surface area contributed by atoms with Gasteiger partial charge in [0.15, 0.2) is 0 Å². The van der Waals surface area contributed by atoms with Crippen molar-refractivity contribution in [3.63, 3.8) is 0 Å². The Morgan fingerprint density at radius 1 is 0.818 bits per heavy atom. The molecule has 2 atom stereocenters. The molecule has 3 aromatic rings. The van der Waals surface area contributed by atoms with Crippen LogP contribution in [0.4, 0.5) is 0 Å². The number of aryl methyl sites for hydroxylation is 2. The lowest BCUT2D eigenvalue weighted by atomic mass is 9.78. The molecule has 0 spiro atoms. The van der Waals surface area contributed by atoms with Crippen LogP contribution in [0.1, 0.15) is 47.3 Å². The molecule has 0 aliphatic heterocycles. The molecule has 3 aromatic carbocycles. The number of hydrogen-bond acceptors (Lipinski definition) is 2. The third-order valence-electron chi connectivity index (χ3n) is 5.47. The molecule has 0 heterocycles. The molecule has 0 radical (unpaired) electrons. The Hall–Kier alpha value is -1.90. The molecule has 0 aromatic heterocycles. The topological polar surface area (TPSA) is 40.5 Å². The Morgan fingerprint density at radius 2 is 1.64 bits per heavy atom. The standard InChI is InChI=1S/C20H18O2/c21-19-15-7-3-5-11-8-9-14-13-6-2-1-4-12(13)10-16(20(19)22)18(14)17(11)15/h3,5,7-10,19-22H,1-2,4,6H2/t19-,20+/m1/s1. The Balaban J connectivity index is 2.04. The summed E-state index contributed by atoms with van der Waals surface area (Å²) in [5.74, 6) is 0. The Kier molecular flexibility index (Phi) is 2.47. The second-order valence-electron chi connectivity index (χ2n) is 6.63. The number of aliphatic hydroxyl groups is 2. The van der Waals surface area contributed by atoms with Gasteiger partial charge in [-0.3, -0.25) is 0 Å². The fourth-order valence-electron chi connectivity index (χ4n) is 4.43. The maximum absolute atomic E-state index is 10.6. The van der Waals surface area contributed by atoms with Gasteiger partial charge in [-0.05, 0) is 69.5 Å². The molecule has 110 valence electrons. The smallest absolute Gasteiger partial charge is 0.110 e. The van der Waals surface area contributed by atoms with Crippen molar-refractivity contribution in [2.24, 2.45) is 0 Å². The largest absolute Gasteiger partial charge is 0.385 e. The van der Waals surface area contributed by atoms with Crippen LogP contribution in [0.3, 0.4) is 0 Å². The highest BCUT2D eigenvalue weighted by molar-refractivity contribution is 6.13. The van der Waals surface area contributed by atoms with Gasteiger partial charge in [-0.15, -0.1) is 0 Å². The highest BCUT2D eigenvalue weighted by atomic mass is 16.3. The SMILES string of the molecule is O[C@@H]1c2cccc3ccc4c5c(cc(c4c23)[C@@H]1O)CCCC5. The van der Waals surface area contributed by atoms with Gasteiger partial charge in [-0.2, -0.15) is 0 Å². The molecule has 0 bridgehead atoms. The van der Waals surface area contributed by atoms with Crippen molar-refractivity contribution >= 4 is 21.5 Å². The predicted molar refractivity (Wildman–Crippen MR) is 88.0 cm³/mol. The van der Waals surface area contributed by atoms with E-state index in [1.54, 1.807) is 0 Å². The summed E-state index contributed by atoms with van der Waals surface area (Å²) in [6.07, 6.45) is 3.01. The summed E-state index contributed by atoms with van der Waals surface area (Å²) < 4.78 is 0. The molecule has 2 N–H and O–H groups in total. The molecule has 2 heteroatoms. The quantitative estimate of drug-likeness (QED) is 0.615. The molecule has 2 aliphatic carbocycles. The summed E-state index contributed by atoms with van der Waals surface area (Å²) >= 11 is 0. The minimum atomic E-state index is -0.830.